The Hall–Kier alpha value is -0.550. The van der Waals surface area contributed by atoms with Gasteiger partial charge in [-0.05, 0) is 6.26 Å². The standard InChI is InChI=1S/C6H9N3S2/c1-10-3-5-9-2-4(11-5)6(7)8/h2H,3H2,1H3,(H3,7,8). The number of nitrogen functional groups attached to an aromatic ring is 1. The molecule has 3 N–H and O–H groups in total. The highest BCUT2D eigenvalue weighted by Crippen LogP contribution is 2.16. The maximum Gasteiger partial charge on any atom is 0.134 e. The predicted molar refractivity (Wildman–Crippen MR) is 50.3 cm³/mol. The van der Waals surface area contributed by atoms with Gasteiger partial charge in [0.05, 0.1) is 4.88 Å². The molecule has 0 aromatic carbocycles. The van der Waals surface area contributed by atoms with Crippen molar-refractivity contribution in [2.75, 3.05) is 6.26 Å². The smallest absolute Gasteiger partial charge is 0.134 e. The summed E-state index contributed by atoms with van der Waals surface area (Å²) in [6.45, 7) is 0. The minimum atomic E-state index is 0.106. The summed E-state index contributed by atoms with van der Waals surface area (Å²) in [7, 11) is 0. The normalized spacial score (nSPS) is 9.91. The number of rotatable bonds is 3. The monoisotopic (exact) mass is 187 g/mol. The number of hydrogen-bond donors (Lipinski definition) is 2. The second-order valence-electron chi connectivity index (χ2n) is 1.96. The molecular weight excluding hydrogens is 178 g/mol. The molecule has 0 saturated heterocycles. The maximum absolute atomic E-state index is 7.12. The van der Waals surface area contributed by atoms with E-state index >= 15 is 0 Å². The average molecular weight is 187 g/mol. The fraction of sp³-hybridized carbons (Fsp3) is 0.333. The topological polar surface area (TPSA) is 62.8 Å². The first-order chi connectivity index (χ1) is 5.24. The molecule has 0 amide bonds. The molecule has 0 bridgehead atoms. The lowest BCUT2D eigenvalue weighted by Crippen LogP contribution is -2.08. The van der Waals surface area contributed by atoms with Crippen LogP contribution in [0.2, 0.25) is 0 Å². The summed E-state index contributed by atoms with van der Waals surface area (Å²) in [4.78, 5) is 4.86. The summed E-state index contributed by atoms with van der Waals surface area (Å²) in [5.74, 6) is 1.01. The number of nitrogens with zero attached hydrogens (tertiary/aromatic N) is 1. The Bertz CT molecular complexity index is 256. The van der Waals surface area contributed by atoms with Crippen molar-refractivity contribution >= 4 is 28.9 Å². The molecule has 1 aromatic rings. The highest BCUT2D eigenvalue weighted by atomic mass is 32.2. The number of thiazole rings is 1. The van der Waals surface area contributed by atoms with Gasteiger partial charge in [0.2, 0.25) is 0 Å². The molecule has 60 valence electrons. The summed E-state index contributed by atoms with van der Waals surface area (Å²) in [5, 5.41) is 8.15. The number of nitrogens with two attached hydrogens (primary N) is 1. The molecule has 1 heterocycles. The molecule has 11 heavy (non-hydrogen) atoms. The lowest BCUT2D eigenvalue weighted by atomic mass is 10.5. The van der Waals surface area contributed by atoms with Crippen LogP contribution in [0.1, 0.15) is 9.88 Å². The van der Waals surface area contributed by atoms with E-state index in [-0.39, 0.29) is 5.84 Å². The third kappa shape index (κ3) is 2.20. The third-order valence-corrected chi connectivity index (χ3v) is 2.86. The van der Waals surface area contributed by atoms with Crippen LogP contribution in [0.4, 0.5) is 0 Å². The largest absolute Gasteiger partial charge is 0.383 e. The minimum absolute atomic E-state index is 0.106. The van der Waals surface area contributed by atoms with Gasteiger partial charge in [-0.1, -0.05) is 0 Å². The zero-order chi connectivity index (χ0) is 8.27. The van der Waals surface area contributed by atoms with Crippen molar-refractivity contribution < 1.29 is 0 Å². The summed E-state index contributed by atoms with van der Waals surface area (Å²) in [5.41, 5.74) is 5.27. The van der Waals surface area contributed by atoms with Crippen LogP contribution in [-0.4, -0.2) is 17.1 Å². The van der Waals surface area contributed by atoms with Crippen molar-refractivity contribution in [3.05, 3.63) is 16.1 Å². The molecular formula is C6H9N3S2. The van der Waals surface area contributed by atoms with Crippen molar-refractivity contribution in [3.63, 3.8) is 0 Å². The molecule has 0 radical (unpaired) electrons. The van der Waals surface area contributed by atoms with Crippen LogP contribution < -0.4 is 5.73 Å². The van der Waals surface area contributed by atoms with Crippen molar-refractivity contribution in [1.82, 2.24) is 4.98 Å². The Kier molecular flexibility index (Phi) is 2.90. The van der Waals surface area contributed by atoms with Crippen LogP contribution in [0.15, 0.2) is 6.20 Å². The van der Waals surface area contributed by atoms with Crippen LogP contribution in [-0.2, 0) is 5.75 Å². The molecule has 0 atom stereocenters. The highest BCUT2D eigenvalue weighted by molar-refractivity contribution is 7.97. The molecule has 0 fully saturated rings. The molecule has 0 aliphatic heterocycles. The second kappa shape index (κ2) is 3.73. The van der Waals surface area contributed by atoms with E-state index in [9.17, 15) is 0 Å². The summed E-state index contributed by atoms with van der Waals surface area (Å²) < 4.78 is 0. The van der Waals surface area contributed by atoms with E-state index in [1.54, 1.807) is 18.0 Å². The predicted octanol–water partition coefficient (Wildman–Crippen LogP) is 1.29. The quantitative estimate of drug-likeness (QED) is 0.553. The Morgan fingerprint density at radius 3 is 3.09 bits per heavy atom. The Morgan fingerprint density at radius 1 is 1.91 bits per heavy atom. The Morgan fingerprint density at radius 2 is 2.64 bits per heavy atom. The van der Waals surface area contributed by atoms with Crippen LogP contribution in [0.25, 0.3) is 0 Å². The van der Waals surface area contributed by atoms with Gasteiger partial charge in [-0.2, -0.15) is 11.8 Å². The first-order valence-electron chi connectivity index (χ1n) is 3.02. The first-order valence-corrected chi connectivity index (χ1v) is 5.23. The fourth-order valence-corrected chi connectivity index (χ4v) is 2.11. The molecule has 1 aromatic heterocycles. The van der Waals surface area contributed by atoms with Crippen LogP contribution >= 0.6 is 23.1 Å². The summed E-state index contributed by atoms with van der Waals surface area (Å²) in [6.07, 6.45) is 3.67. The van der Waals surface area contributed by atoms with Crippen molar-refractivity contribution in [1.29, 1.82) is 5.41 Å². The van der Waals surface area contributed by atoms with Gasteiger partial charge in [-0.3, -0.25) is 5.41 Å². The molecule has 0 unspecified atom stereocenters. The summed E-state index contributed by atoms with van der Waals surface area (Å²) >= 11 is 3.20. The first kappa shape index (κ1) is 8.55. The molecule has 5 heteroatoms. The van der Waals surface area contributed by atoms with Gasteiger partial charge in [-0.25, -0.2) is 4.98 Å². The molecule has 1 rings (SSSR count). The molecule has 0 aliphatic rings. The van der Waals surface area contributed by atoms with Gasteiger partial charge in [0.15, 0.2) is 0 Å². The number of nitrogens with one attached hydrogen (secondary N) is 1. The second-order valence-corrected chi connectivity index (χ2v) is 3.95. The van der Waals surface area contributed by atoms with Crippen LogP contribution in [0, 0.1) is 5.41 Å². The number of amidine groups is 1. The highest BCUT2D eigenvalue weighted by Gasteiger charge is 2.02. The van der Waals surface area contributed by atoms with Crippen LogP contribution in [0.3, 0.4) is 0 Å². The fourth-order valence-electron chi connectivity index (χ4n) is 0.625. The molecule has 0 saturated carbocycles. The lowest BCUT2D eigenvalue weighted by Gasteiger charge is -1.87. The van der Waals surface area contributed by atoms with E-state index in [0.29, 0.717) is 0 Å². The minimum Gasteiger partial charge on any atom is -0.383 e. The van der Waals surface area contributed by atoms with Gasteiger partial charge < -0.3 is 5.73 Å². The molecule has 0 spiro atoms. The molecule has 0 aliphatic carbocycles. The van der Waals surface area contributed by atoms with Gasteiger partial charge in [0, 0.05) is 11.9 Å². The maximum atomic E-state index is 7.12. The van der Waals surface area contributed by atoms with E-state index in [1.807, 2.05) is 6.26 Å². The number of thioether (sulfide) groups is 1. The number of hydrogen-bond acceptors (Lipinski definition) is 4. The van der Waals surface area contributed by atoms with Gasteiger partial charge in [0.1, 0.15) is 10.8 Å². The Labute approximate surface area is 73.5 Å². The number of aromatic nitrogens is 1. The average Bonchev–Trinajstić information content (AvgIpc) is 2.37. The van der Waals surface area contributed by atoms with E-state index in [1.165, 1.54) is 11.3 Å². The van der Waals surface area contributed by atoms with E-state index < -0.39 is 0 Å². The van der Waals surface area contributed by atoms with E-state index in [4.69, 9.17) is 11.1 Å². The van der Waals surface area contributed by atoms with Crippen molar-refractivity contribution in [2.45, 2.75) is 5.75 Å². The zero-order valence-electron chi connectivity index (χ0n) is 6.13. The molecule has 3 nitrogen and oxygen atoms in total. The Balaban J connectivity index is 2.73. The third-order valence-electron chi connectivity index (χ3n) is 1.09. The zero-order valence-corrected chi connectivity index (χ0v) is 7.76. The summed E-state index contributed by atoms with van der Waals surface area (Å²) in [6, 6.07) is 0. The van der Waals surface area contributed by atoms with Crippen LogP contribution in [0.5, 0.6) is 0 Å². The van der Waals surface area contributed by atoms with Crippen molar-refractivity contribution in [3.8, 4) is 0 Å². The van der Waals surface area contributed by atoms with Crippen molar-refractivity contribution in [2.24, 2.45) is 5.73 Å². The lowest BCUT2D eigenvalue weighted by molar-refractivity contribution is 1.27. The van der Waals surface area contributed by atoms with E-state index in [0.717, 1.165) is 15.6 Å². The SMILES string of the molecule is CSCc1ncc(C(=N)N)s1. The van der Waals surface area contributed by atoms with Gasteiger partial charge in [-0.15, -0.1) is 11.3 Å². The van der Waals surface area contributed by atoms with E-state index in [2.05, 4.69) is 4.98 Å². The van der Waals surface area contributed by atoms with Gasteiger partial charge in [0.25, 0.3) is 0 Å². The van der Waals surface area contributed by atoms with Gasteiger partial charge >= 0.3 is 0 Å².